The van der Waals surface area contributed by atoms with Crippen molar-refractivity contribution in [2.24, 2.45) is 0 Å². The number of aryl methyl sites for hydroxylation is 1. The summed E-state index contributed by atoms with van der Waals surface area (Å²) in [6, 6.07) is 20.0. The van der Waals surface area contributed by atoms with Gasteiger partial charge >= 0.3 is 6.09 Å². The molecule has 3 heterocycles. The minimum Gasteiger partial charge on any atom is -0.443 e. The molecule has 1 amide bonds. The van der Waals surface area contributed by atoms with Crippen molar-refractivity contribution in [3.8, 4) is 12.0 Å². The van der Waals surface area contributed by atoms with E-state index in [4.69, 9.17) is 14.7 Å². The van der Waals surface area contributed by atoms with Crippen LogP contribution >= 0.6 is 0 Å². The smallest absolute Gasteiger partial charge is 0.416 e. The molecule has 0 fully saturated rings. The van der Waals surface area contributed by atoms with E-state index in [1.54, 1.807) is 11.0 Å². The normalized spacial score (nSPS) is 13.2. The van der Waals surface area contributed by atoms with E-state index in [1.807, 2.05) is 68.7 Å². The highest BCUT2D eigenvalue weighted by atomic mass is 16.6. The summed E-state index contributed by atoms with van der Waals surface area (Å²) in [6.45, 7) is 8.63. The average molecular weight is 495 g/mol. The number of nitrogens with one attached hydrogen (secondary N) is 1. The number of benzene rings is 2. The largest absolute Gasteiger partial charge is 0.443 e. The van der Waals surface area contributed by atoms with E-state index in [-0.39, 0.29) is 0 Å². The van der Waals surface area contributed by atoms with E-state index in [1.165, 1.54) is 0 Å². The van der Waals surface area contributed by atoms with Crippen LogP contribution in [0.15, 0.2) is 54.6 Å². The molecule has 0 saturated carbocycles. The van der Waals surface area contributed by atoms with E-state index in [0.717, 1.165) is 40.6 Å². The Bertz CT molecular complexity index is 1510. The molecule has 0 unspecified atom stereocenters. The summed E-state index contributed by atoms with van der Waals surface area (Å²) in [4.78, 5) is 24.7. The first-order valence-electron chi connectivity index (χ1n) is 12.5. The number of fused-ring (bicyclic) bond motifs is 2. The van der Waals surface area contributed by atoms with Crippen LogP contribution < -0.4 is 10.2 Å². The molecule has 2 aromatic heterocycles. The molecule has 4 aromatic rings. The Kier molecular flexibility index (Phi) is 6.30. The Hall–Kier alpha value is -4.38. The first kappa shape index (κ1) is 24.3. The Morgan fingerprint density at radius 1 is 1.14 bits per heavy atom. The van der Waals surface area contributed by atoms with E-state index >= 15 is 0 Å². The number of nitriles is 1. The van der Waals surface area contributed by atoms with Crippen molar-refractivity contribution in [2.75, 3.05) is 16.8 Å². The molecule has 1 aliphatic heterocycles. The zero-order chi connectivity index (χ0) is 26.2. The average Bonchev–Trinajstić information content (AvgIpc) is 3.22. The first-order chi connectivity index (χ1) is 17.7. The molecular weight excluding hydrogens is 464 g/mol. The number of rotatable bonds is 4. The Morgan fingerprint density at radius 3 is 2.65 bits per heavy atom. The third-order valence-electron chi connectivity index (χ3n) is 6.30. The highest BCUT2D eigenvalue weighted by Gasteiger charge is 2.31. The van der Waals surface area contributed by atoms with E-state index in [2.05, 4.69) is 23.5 Å². The van der Waals surface area contributed by atoms with Gasteiger partial charge in [-0.2, -0.15) is 15.2 Å². The van der Waals surface area contributed by atoms with Gasteiger partial charge < -0.3 is 10.1 Å². The lowest BCUT2D eigenvalue weighted by atomic mass is 10.1. The Labute approximate surface area is 216 Å². The lowest BCUT2D eigenvalue weighted by Crippen LogP contribution is -2.41. The number of carbonyl (C=O) groups excluding carboxylic acids is 1. The Balaban J connectivity index is 1.66. The summed E-state index contributed by atoms with van der Waals surface area (Å²) in [5.74, 6) is 1.68. The lowest BCUT2D eigenvalue weighted by molar-refractivity contribution is 0.0576. The van der Waals surface area contributed by atoms with Gasteiger partial charge in [0.1, 0.15) is 17.2 Å². The quantitative estimate of drug-likeness (QED) is 0.379. The molecule has 0 aliphatic carbocycles. The molecule has 0 bridgehead atoms. The van der Waals surface area contributed by atoms with Gasteiger partial charge in [-0.1, -0.05) is 36.4 Å². The maximum absolute atomic E-state index is 13.2. The summed E-state index contributed by atoms with van der Waals surface area (Å²) >= 11 is 0. The predicted octanol–water partition coefficient (Wildman–Crippen LogP) is 5.90. The predicted molar refractivity (Wildman–Crippen MR) is 144 cm³/mol. The fourth-order valence-electron chi connectivity index (χ4n) is 4.68. The first-order valence-corrected chi connectivity index (χ1v) is 12.5. The van der Waals surface area contributed by atoms with Crippen molar-refractivity contribution < 1.29 is 9.53 Å². The number of nitrogens with zero attached hydrogens (tertiary/aromatic N) is 5. The van der Waals surface area contributed by atoms with Crippen LogP contribution in [0.4, 0.5) is 16.4 Å². The number of aromatic nitrogens is 3. The van der Waals surface area contributed by atoms with E-state index in [9.17, 15) is 10.1 Å². The summed E-state index contributed by atoms with van der Waals surface area (Å²) in [7, 11) is 0. The van der Waals surface area contributed by atoms with Gasteiger partial charge in [0, 0.05) is 29.7 Å². The highest BCUT2D eigenvalue weighted by molar-refractivity contribution is 5.90. The molecule has 0 atom stereocenters. The molecular formula is C29H30N6O2. The molecule has 2 aromatic carbocycles. The van der Waals surface area contributed by atoms with Crippen LogP contribution in [-0.4, -0.2) is 32.8 Å². The van der Waals surface area contributed by atoms with Crippen molar-refractivity contribution in [2.45, 2.75) is 52.7 Å². The minimum absolute atomic E-state index is 0.423. The number of hydrogen-bond donors (Lipinski definition) is 1. The van der Waals surface area contributed by atoms with Gasteiger partial charge in [-0.15, -0.1) is 0 Å². The number of ether oxygens (including phenoxy) is 1. The second-order valence-electron chi connectivity index (χ2n) is 10.2. The van der Waals surface area contributed by atoms with Crippen molar-refractivity contribution >= 4 is 28.6 Å². The molecule has 1 aliphatic rings. The highest BCUT2D eigenvalue weighted by Crippen LogP contribution is 2.34. The van der Waals surface area contributed by atoms with Gasteiger partial charge in [-0.25, -0.2) is 4.79 Å². The zero-order valence-electron chi connectivity index (χ0n) is 21.6. The fourth-order valence-corrected chi connectivity index (χ4v) is 4.68. The lowest BCUT2D eigenvalue weighted by Gasteiger charge is -2.31. The zero-order valence-corrected chi connectivity index (χ0v) is 21.6. The summed E-state index contributed by atoms with van der Waals surface area (Å²) < 4.78 is 7.66. The second kappa shape index (κ2) is 9.58. The molecule has 8 nitrogen and oxygen atoms in total. The molecule has 37 heavy (non-hydrogen) atoms. The van der Waals surface area contributed by atoms with Gasteiger partial charge in [0.25, 0.3) is 0 Å². The van der Waals surface area contributed by atoms with Gasteiger partial charge in [0.2, 0.25) is 5.95 Å². The van der Waals surface area contributed by atoms with Crippen molar-refractivity contribution in [3.05, 3.63) is 77.0 Å². The van der Waals surface area contributed by atoms with E-state index < -0.39 is 11.7 Å². The van der Waals surface area contributed by atoms with Crippen LogP contribution in [0.5, 0.6) is 0 Å². The molecule has 188 valence electrons. The van der Waals surface area contributed by atoms with Crippen molar-refractivity contribution in [1.29, 1.82) is 5.26 Å². The maximum atomic E-state index is 13.2. The standard InChI is InChI=1S/C29H30N6O2/c1-19-16-23-21(17-30)12-8-14-24(23)35(19)27-32-25(31-18-20-10-6-5-7-11-20)22-13-9-15-34(26(22)33-27)28(36)37-29(2,3)4/h5-8,10-12,14,16H,9,13,15,18H2,1-4H3,(H,31,32,33). The molecule has 0 radical (unpaired) electrons. The second-order valence-corrected chi connectivity index (χ2v) is 10.2. The van der Waals surface area contributed by atoms with Crippen molar-refractivity contribution in [1.82, 2.24) is 14.5 Å². The van der Waals surface area contributed by atoms with Crippen LogP contribution in [0.1, 0.15) is 49.6 Å². The van der Waals surface area contributed by atoms with Crippen LogP contribution in [0.3, 0.4) is 0 Å². The maximum Gasteiger partial charge on any atom is 0.416 e. The summed E-state index contributed by atoms with van der Waals surface area (Å²) in [6.07, 6.45) is 1.11. The van der Waals surface area contributed by atoms with Crippen molar-refractivity contribution in [3.63, 3.8) is 0 Å². The number of carbonyl (C=O) groups is 1. The molecule has 5 rings (SSSR count). The molecule has 8 heteroatoms. The molecule has 0 spiro atoms. The van der Waals surface area contributed by atoms with Crippen LogP contribution in [0, 0.1) is 18.3 Å². The monoisotopic (exact) mass is 494 g/mol. The third-order valence-corrected chi connectivity index (χ3v) is 6.30. The van der Waals surface area contributed by atoms with E-state index in [0.29, 0.717) is 36.2 Å². The number of anilines is 2. The summed E-state index contributed by atoms with van der Waals surface area (Å²) in [5.41, 5.74) is 3.72. The number of hydrogen-bond acceptors (Lipinski definition) is 6. The van der Waals surface area contributed by atoms with Gasteiger partial charge in [-0.05, 0) is 64.3 Å². The summed E-state index contributed by atoms with van der Waals surface area (Å²) in [5, 5.41) is 13.9. The van der Waals surface area contributed by atoms with Gasteiger partial charge in [0.05, 0.1) is 17.1 Å². The Morgan fingerprint density at radius 2 is 1.92 bits per heavy atom. The third kappa shape index (κ3) is 4.85. The molecule has 1 N–H and O–H groups in total. The van der Waals surface area contributed by atoms with Crippen LogP contribution in [0.2, 0.25) is 0 Å². The van der Waals surface area contributed by atoms with Crippen LogP contribution in [0.25, 0.3) is 16.9 Å². The van der Waals surface area contributed by atoms with Gasteiger partial charge in [0.15, 0.2) is 0 Å². The number of amides is 1. The minimum atomic E-state index is -0.625. The topological polar surface area (TPSA) is 96.1 Å². The SMILES string of the molecule is Cc1cc2c(C#N)cccc2n1-c1nc(NCc2ccccc2)c2c(n1)N(C(=O)OC(C)(C)C)CCC2. The fraction of sp³-hybridized carbons (Fsp3) is 0.310. The van der Waals surface area contributed by atoms with Gasteiger partial charge in [-0.3, -0.25) is 9.47 Å². The molecule has 0 saturated heterocycles. The van der Waals surface area contributed by atoms with Crippen LogP contribution in [-0.2, 0) is 17.7 Å².